The van der Waals surface area contributed by atoms with Crippen LogP contribution in [0.5, 0.6) is 5.75 Å². The summed E-state index contributed by atoms with van der Waals surface area (Å²) in [5.41, 5.74) is 7.26. The predicted molar refractivity (Wildman–Crippen MR) is 87.2 cm³/mol. The van der Waals surface area contributed by atoms with Crippen LogP contribution in [0.1, 0.15) is 18.1 Å². The highest BCUT2D eigenvalue weighted by molar-refractivity contribution is 9.10. The van der Waals surface area contributed by atoms with Gasteiger partial charge < -0.3 is 10.5 Å². The first-order valence-corrected chi connectivity index (χ1v) is 7.74. The summed E-state index contributed by atoms with van der Waals surface area (Å²) in [5, 5.41) is 0.0963. The Balaban J connectivity index is 2.21. The molecule has 0 aliphatic rings. The quantitative estimate of drug-likeness (QED) is 0.825. The molecular formula is C16H16BrClFNO. The van der Waals surface area contributed by atoms with Gasteiger partial charge in [0, 0.05) is 11.6 Å². The maximum atomic E-state index is 13.9. The first-order valence-electron chi connectivity index (χ1n) is 6.57. The number of nitrogens with two attached hydrogens (primary N) is 1. The summed E-state index contributed by atoms with van der Waals surface area (Å²) in [6.07, 6.45) is 0.687. The van der Waals surface area contributed by atoms with Crippen LogP contribution in [0, 0.1) is 5.82 Å². The van der Waals surface area contributed by atoms with Gasteiger partial charge in [0.15, 0.2) is 0 Å². The Labute approximate surface area is 137 Å². The summed E-state index contributed by atoms with van der Waals surface area (Å²) >= 11 is 9.23. The lowest BCUT2D eigenvalue weighted by molar-refractivity contribution is 0.294. The summed E-state index contributed by atoms with van der Waals surface area (Å²) in [6, 6.07) is 10.7. The zero-order chi connectivity index (χ0) is 15.4. The molecule has 1 atom stereocenters. The third-order valence-electron chi connectivity index (χ3n) is 2.99. The molecule has 2 nitrogen and oxygen atoms in total. The smallest absolute Gasteiger partial charge is 0.148 e. The highest BCUT2D eigenvalue weighted by Gasteiger charge is 2.12. The van der Waals surface area contributed by atoms with Gasteiger partial charge >= 0.3 is 0 Å². The topological polar surface area (TPSA) is 35.2 Å². The molecule has 0 bridgehead atoms. The number of para-hydroxylation sites is 1. The van der Waals surface area contributed by atoms with Gasteiger partial charge in [0.25, 0.3) is 0 Å². The average molecular weight is 373 g/mol. The SMILES string of the molecule is CC(N)Cc1cccc(Br)c1OCc1cccc(Cl)c1F. The van der Waals surface area contributed by atoms with E-state index < -0.39 is 5.82 Å². The lowest BCUT2D eigenvalue weighted by Gasteiger charge is -2.15. The van der Waals surface area contributed by atoms with Gasteiger partial charge in [-0.1, -0.05) is 35.9 Å². The van der Waals surface area contributed by atoms with E-state index in [0.29, 0.717) is 17.7 Å². The number of halogens is 3. The van der Waals surface area contributed by atoms with Crippen LogP contribution in [0.2, 0.25) is 5.02 Å². The van der Waals surface area contributed by atoms with Crippen molar-refractivity contribution in [3.05, 3.63) is 62.8 Å². The molecule has 0 aromatic heterocycles. The van der Waals surface area contributed by atoms with Crippen molar-refractivity contribution in [1.82, 2.24) is 0 Å². The summed E-state index contributed by atoms with van der Waals surface area (Å²) < 4.78 is 20.5. The molecule has 0 radical (unpaired) electrons. The number of benzene rings is 2. The average Bonchev–Trinajstić information content (AvgIpc) is 2.42. The molecule has 1 unspecified atom stereocenters. The molecular weight excluding hydrogens is 357 g/mol. The highest BCUT2D eigenvalue weighted by atomic mass is 79.9. The van der Waals surface area contributed by atoms with Crippen LogP contribution >= 0.6 is 27.5 Å². The molecule has 0 saturated carbocycles. The Hall–Kier alpha value is -1.10. The maximum absolute atomic E-state index is 13.9. The van der Waals surface area contributed by atoms with Gasteiger partial charge in [-0.15, -0.1) is 0 Å². The maximum Gasteiger partial charge on any atom is 0.148 e. The van der Waals surface area contributed by atoms with Gasteiger partial charge in [0.1, 0.15) is 18.2 Å². The van der Waals surface area contributed by atoms with Crippen molar-refractivity contribution in [2.45, 2.75) is 26.0 Å². The van der Waals surface area contributed by atoms with Gasteiger partial charge in [-0.25, -0.2) is 4.39 Å². The number of rotatable bonds is 5. The first-order chi connectivity index (χ1) is 9.99. The zero-order valence-corrected chi connectivity index (χ0v) is 13.9. The second-order valence-corrected chi connectivity index (χ2v) is 6.17. The van der Waals surface area contributed by atoms with Gasteiger partial charge in [-0.05, 0) is 47.0 Å². The number of hydrogen-bond donors (Lipinski definition) is 1. The summed E-state index contributed by atoms with van der Waals surface area (Å²) in [7, 11) is 0. The van der Waals surface area contributed by atoms with Crippen molar-refractivity contribution in [1.29, 1.82) is 0 Å². The minimum Gasteiger partial charge on any atom is -0.487 e. The monoisotopic (exact) mass is 371 g/mol. The molecule has 2 aromatic rings. The molecule has 2 aromatic carbocycles. The van der Waals surface area contributed by atoms with Crippen LogP contribution in [0.3, 0.4) is 0 Å². The van der Waals surface area contributed by atoms with E-state index in [2.05, 4.69) is 15.9 Å². The van der Waals surface area contributed by atoms with Gasteiger partial charge in [-0.3, -0.25) is 0 Å². The molecule has 0 amide bonds. The Morgan fingerprint density at radius 2 is 1.90 bits per heavy atom. The van der Waals surface area contributed by atoms with Crippen LogP contribution in [-0.4, -0.2) is 6.04 Å². The fourth-order valence-corrected chi connectivity index (χ4v) is 2.75. The van der Waals surface area contributed by atoms with Crippen molar-refractivity contribution in [2.24, 2.45) is 5.73 Å². The minimum atomic E-state index is -0.444. The van der Waals surface area contributed by atoms with Crippen molar-refractivity contribution in [2.75, 3.05) is 0 Å². The zero-order valence-electron chi connectivity index (χ0n) is 11.6. The van der Waals surface area contributed by atoms with E-state index >= 15 is 0 Å². The molecule has 112 valence electrons. The molecule has 0 saturated heterocycles. The fraction of sp³-hybridized carbons (Fsp3) is 0.250. The normalized spacial score (nSPS) is 12.2. The van der Waals surface area contributed by atoms with Crippen LogP contribution in [0.25, 0.3) is 0 Å². The van der Waals surface area contributed by atoms with Crippen LogP contribution in [0.4, 0.5) is 4.39 Å². The molecule has 21 heavy (non-hydrogen) atoms. The Kier molecular flexibility index (Phi) is 5.62. The third-order valence-corrected chi connectivity index (χ3v) is 3.91. The Bertz CT molecular complexity index is 634. The largest absolute Gasteiger partial charge is 0.487 e. The molecule has 2 N–H and O–H groups in total. The van der Waals surface area contributed by atoms with Crippen LogP contribution in [-0.2, 0) is 13.0 Å². The number of hydrogen-bond acceptors (Lipinski definition) is 2. The molecule has 0 fully saturated rings. The van der Waals surface area contributed by atoms with E-state index in [4.69, 9.17) is 22.1 Å². The van der Waals surface area contributed by atoms with Crippen molar-refractivity contribution >= 4 is 27.5 Å². The van der Waals surface area contributed by atoms with Crippen molar-refractivity contribution in [3.8, 4) is 5.75 Å². The lowest BCUT2D eigenvalue weighted by atomic mass is 10.1. The van der Waals surface area contributed by atoms with E-state index in [0.717, 1.165) is 10.0 Å². The van der Waals surface area contributed by atoms with Gasteiger partial charge in [-0.2, -0.15) is 0 Å². The van der Waals surface area contributed by atoms with E-state index in [1.807, 2.05) is 25.1 Å². The number of ether oxygens (including phenoxy) is 1. The van der Waals surface area contributed by atoms with E-state index in [-0.39, 0.29) is 17.7 Å². The molecule has 0 aliphatic carbocycles. The summed E-state index contributed by atoms with van der Waals surface area (Å²) in [6.45, 7) is 2.04. The summed E-state index contributed by atoms with van der Waals surface area (Å²) in [4.78, 5) is 0. The summed E-state index contributed by atoms with van der Waals surface area (Å²) in [5.74, 6) is 0.245. The molecule has 0 spiro atoms. The molecule has 2 rings (SSSR count). The molecule has 5 heteroatoms. The van der Waals surface area contributed by atoms with E-state index in [9.17, 15) is 4.39 Å². The van der Waals surface area contributed by atoms with Gasteiger partial charge in [0.2, 0.25) is 0 Å². The Morgan fingerprint density at radius 3 is 2.62 bits per heavy atom. The first kappa shape index (κ1) is 16.3. The standard InChI is InChI=1S/C16H16BrClFNO/c1-10(20)8-11-4-2-6-13(17)16(11)21-9-12-5-3-7-14(18)15(12)19/h2-7,10H,8-9,20H2,1H3. The Morgan fingerprint density at radius 1 is 1.24 bits per heavy atom. The van der Waals surface area contributed by atoms with E-state index in [1.54, 1.807) is 12.1 Å². The van der Waals surface area contributed by atoms with Crippen LogP contribution < -0.4 is 10.5 Å². The minimum absolute atomic E-state index is 0.0181. The van der Waals surface area contributed by atoms with Gasteiger partial charge in [0.05, 0.1) is 9.50 Å². The third kappa shape index (κ3) is 4.19. The molecule has 0 aliphatic heterocycles. The second kappa shape index (κ2) is 7.25. The fourth-order valence-electron chi connectivity index (χ4n) is 2.03. The highest BCUT2D eigenvalue weighted by Crippen LogP contribution is 2.31. The molecule has 0 heterocycles. The lowest BCUT2D eigenvalue weighted by Crippen LogP contribution is -2.18. The van der Waals surface area contributed by atoms with Crippen LogP contribution in [0.15, 0.2) is 40.9 Å². The van der Waals surface area contributed by atoms with Crippen molar-refractivity contribution < 1.29 is 9.13 Å². The second-order valence-electron chi connectivity index (χ2n) is 4.91. The predicted octanol–water partition coefficient (Wildman–Crippen LogP) is 4.71. The van der Waals surface area contributed by atoms with Crippen molar-refractivity contribution in [3.63, 3.8) is 0 Å². The van der Waals surface area contributed by atoms with E-state index in [1.165, 1.54) is 6.07 Å².